The highest BCUT2D eigenvalue weighted by Crippen LogP contribution is 2.15. The lowest BCUT2D eigenvalue weighted by Gasteiger charge is -2.12. The minimum absolute atomic E-state index is 0.132. The maximum Gasteiger partial charge on any atom is 0.315 e. The lowest BCUT2D eigenvalue weighted by molar-refractivity contribution is -0.115. The summed E-state index contributed by atoms with van der Waals surface area (Å²) in [5.41, 5.74) is 11.7. The van der Waals surface area contributed by atoms with Crippen LogP contribution >= 0.6 is 0 Å². The van der Waals surface area contributed by atoms with Crippen LogP contribution in [-0.2, 0) is 11.3 Å². The van der Waals surface area contributed by atoms with Crippen molar-refractivity contribution < 1.29 is 9.18 Å². The van der Waals surface area contributed by atoms with E-state index in [4.69, 9.17) is 11.1 Å². The van der Waals surface area contributed by atoms with Gasteiger partial charge in [0.1, 0.15) is 25.4 Å². The first-order valence-electron chi connectivity index (χ1n) is 8.85. The highest BCUT2D eigenvalue weighted by Gasteiger charge is 2.14. The van der Waals surface area contributed by atoms with Gasteiger partial charge in [0.15, 0.2) is 5.84 Å². The number of carbonyl (C=O) groups is 1. The molecule has 0 fully saturated rings. The van der Waals surface area contributed by atoms with Crippen LogP contribution in [0.3, 0.4) is 0 Å². The molecule has 0 aliphatic rings. The molecule has 1 amide bonds. The molecule has 0 atom stereocenters. The molecule has 0 saturated heterocycles. The van der Waals surface area contributed by atoms with Crippen molar-refractivity contribution in [1.29, 1.82) is 5.41 Å². The molecular formula is C20H23FN6OSi. The Balaban J connectivity index is 2.11. The first-order chi connectivity index (χ1) is 13.7. The quantitative estimate of drug-likeness (QED) is 0.192. The molecule has 2 rings (SSSR count). The molecule has 0 aliphatic heterocycles. The summed E-state index contributed by atoms with van der Waals surface area (Å²) in [5.74, 6) is 1.70. The molecule has 29 heavy (non-hydrogen) atoms. The number of nitrogens with two attached hydrogens (primary N) is 1. The minimum Gasteiger partial charge on any atom is -0.380 e. The van der Waals surface area contributed by atoms with Gasteiger partial charge in [0.2, 0.25) is 0 Å². The topological polar surface area (TPSA) is 116 Å². The van der Waals surface area contributed by atoms with Crippen molar-refractivity contribution in [2.24, 2.45) is 10.8 Å². The molecule has 1 aromatic heterocycles. The van der Waals surface area contributed by atoms with Gasteiger partial charge in [-0.1, -0.05) is 37.8 Å². The molecule has 0 saturated carbocycles. The number of carbonyl (C=O) groups excluding carboxylic acids is 1. The summed E-state index contributed by atoms with van der Waals surface area (Å²) in [6.45, 7) is 6.22. The van der Waals surface area contributed by atoms with Crippen LogP contribution in [0, 0.1) is 22.7 Å². The minimum atomic E-state index is -1.69. The molecular weight excluding hydrogens is 387 g/mol. The second kappa shape index (κ2) is 9.61. The molecule has 7 nitrogen and oxygen atoms in total. The number of benzene rings is 1. The molecule has 0 spiro atoms. The molecule has 0 unspecified atom stereocenters. The third-order valence-electron chi connectivity index (χ3n) is 3.57. The van der Waals surface area contributed by atoms with Crippen LogP contribution in [0.1, 0.15) is 11.1 Å². The maximum atomic E-state index is 13.8. The predicted molar refractivity (Wildman–Crippen MR) is 116 cm³/mol. The third-order valence-corrected chi connectivity index (χ3v) is 4.44. The molecule has 5 N–H and O–H groups in total. The third kappa shape index (κ3) is 6.86. The van der Waals surface area contributed by atoms with Gasteiger partial charge in [-0.3, -0.25) is 10.2 Å². The molecule has 150 valence electrons. The molecule has 1 heterocycles. The molecule has 0 radical (unpaired) electrons. The SMILES string of the molecule is C[Si](C)(C)C#CC(=O)N/N=C(\N)C(=N)c1cccnc1NCc1ccccc1F. The van der Waals surface area contributed by atoms with Crippen LogP contribution in [0.15, 0.2) is 47.7 Å². The van der Waals surface area contributed by atoms with Crippen LogP contribution in [-0.4, -0.2) is 30.5 Å². The highest BCUT2D eigenvalue weighted by atomic mass is 28.3. The normalized spacial score (nSPS) is 11.2. The standard InChI is InChI=1S/C20H23FN6OSi/c1-29(2,3)12-10-17(28)26-27-19(23)18(22)15-8-6-11-24-20(15)25-13-14-7-4-5-9-16(14)21/h4-9,11,22H,13H2,1-3H3,(H2,23,27)(H,24,25)(H,26,28). The van der Waals surface area contributed by atoms with Gasteiger partial charge in [0, 0.05) is 23.9 Å². The van der Waals surface area contributed by atoms with E-state index in [9.17, 15) is 9.18 Å². The van der Waals surface area contributed by atoms with Gasteiger partial charge in [-0.05, 0) is 24.1 Å². The van der Waals surface area contributed by atoms with Crippen molar-refractivity contribution in [3.05, 3.63) is 59.5 Å². The monoisotopic (exact) mass is 410 g/mol. The Morgan fingerprint density at radius 1 is 1.28 bits per heavy atom. The predicted octanol–water partition coefficient (Wildman–Crippen LogP) is 2.47. The highest BCUT2D eigenvalue weighted by molar-refractivity contribution is 6.84. The summed E-state index contributed by atoms with van der Waals surface area (Å²) in [4.78, 5) is 15.9. The van der Waals surface area contributed by atoms with E-state index in [1.807, 2.05) is 19.6 Å². The summed E-state index contributed by atoms with van der Waals surface area (Å²) in [5, 5.41) is 15.0. The Hall–Kier alpha value is -3.51. The lowest BCUT2D eigenvalue weighted by atomic mass is 10.1. The van der Waals surface area contributed by atoms with Crippen molar-refractivity contribution >= 4 is 31.3 Å². The second-order valence-electron chi connectivity index (χ2n) is 7.16. The number of hydrogen-bond donors (Lipinski definition) is 4. The Kier molecular flexibility index (Phi) is 7.22. The lowest BCUT2D eigenvalue weighted by Crippen LogP contribution is -2.30. The van der Waals surface area contributed by atoms with Crippen LogP contribution in [0.5, 0.6) is 0 Å². The number of anilines is 1. The van der Waals surface area contributed by atoms with E-state index in [2.05, 4.69) is 32.3 Å². The second-order valence-corrected chi connectivity index (χ2v) is 11.9. The number of halogens is 1. The van der Waals surface area contributed by atoms with Crippen LogP contribution < -0.4 is 16.5 Å². The number of nitrogens with zero attached hydrogens (tertiary/aromatic N) is 2. The van der Waals surface area contributed by atoms with E-state index < -0.39 is 14.0 Å². The fourth-order valence-corrected chi connectivity index (χ4v) is 2.63. The van der Waals surface area contributed by atoms with Gasteiger partial charge >= 0.3 is 5.91 Å². The van der Waals surface area contributed by atoms with Crippen molar-refractivity contribution in [1.82, 2.24) is 10.4 Å². The van der Waals surface area contributed by atoms with Crippen LogP contribution in [0.4, 0.5) is 10.2 Å². The average Bonchev–Trinajstić information content (AvgIpc) is 2.69. The van der Waals surface area contributed by atoms with E-state index >= 15 is 0 Å². The van der Waals surface area contributed by atoms with E-state index in [0.717, 1.165) is 0 Å². The smallest absolute Gasteiger partial charge is 0.315 e. The largest absolute Gasteiger partial charge is 0.380 e. The van der Waals surface area contributed by atoms with Crippen LogP contribution in [0.25, 0.3) is 0 Å². The number of nitrogens with one attached hydrogen (secondary N) is 3. The zero-order valence-electron chi connectivity index (χ0n) is 16.5. The summed E-state index contributed by atoms with van der Waals surface area (Å²) < 4.78 is 13.8. The summed E-state index contributed by atoms with van der Waals surface area (Å²) in [6, 6.07) is 9.65. The van der Waals surface area contributed by atoms with Crippen LogP contribution in [0.2, 0.25) is 19.6 Å². The number of amides is 1. The van der Waals surface area contributed by atoms with Gasteiger partial charge in [-0.25, -0.2) is 14.8 Å². The number of hydrogen-bond acceptors (Lipinski definition) is 5. The van der Waals surface area contributed by atoms with Gasteiger partial charge in [-0.2, -0.15) is 5.10 Å². The van der Waals surface area contributed by atoms with Crippen molar-refractivity contribution in [3.8, 4) is 11.5 Å². The zero-order chi connectivity index (χ0) is 21.4. The molecule has 0 aliphatic carbocycles. The van der Waals surface area contributed by atoms with Crippen molar-refractivity contribution in [2.45, 2.75) is 26.2 Å². The summed E-state index contributed by atoms with van der Waals surface area (Å²) >= 11 is 0. The first-order valence-corrected chi connectivity index (χ1v) is 12.4. The van der Waals surface area contributed by atoms with Gasteiger partial charge in [0.05, 0.1) is 0 Å². The number of aromatic nitrogens is 1. The summed E-state index contributed by atoms with van der Waals surface area (Å²) in [7, 11) is -1.69. The Morgan fingerprint density at radius 2 is 2.00 bits per heavy atom. The summed E-state index contributed by atoms with van der Waals surface area (Å²) in [6.07, 6.45) is 1.54. The number of amidine groups is 1. The molecule has 9 heteroatoms. The average molecular weight is 411 g/mol. The van der Waals surface area contributed by atoms with Gasteiger partial charge < -0.3 is 11.1 Å². The Bertz CT molecular complexity index is 1000. The maximum absolute atomic E-state index is 13.8. The molecule has 2 aromatic rings. The fourth-order valence-electron chi connectivity index (χ4n) is 2.15. The fraction of sp³-hybridized carbons (Fsp3) is 0.200. The molecule has 0 bridgehead atoms. The van der Waals surface area contributed by atoms with Gasteiger partial charge in [0.25, 0.3) is 0 Å². The zero-order valence-corrected chi connectivity index (χ0v) is 17.5. The van der Waals surface area contributed by atoms with Crippen molar-refractivity contribution in [2.75, 3.05) is 5.32 Å². The first kappa shape index (κ1) is 21.8. The van der Waals surface area contributed by atoms with E-state index in [-0.39, 0.29) is 23.9 Å². The Labute approximate surface area is 170 Å². The van der Waals surface area contributed by atoms with E-state index in [1.54, 1.807) is 36.5 Å². The van der Waals surface area contributed by atoms with Crippen molar-refractivity contribution in [3.63, 3.8) is 0 Å². The number of rotatable bonds is 6. The van der Waals surface area contributed by atoms with Gasteiger partial charge in [-0.15, -0.1) is 5.54 Å². The number of hydrazone groups is 1. The van der Waals surface area contributed by atoms with E-state index in [1.165, 1.54) is 6.07 Å². The number of pyridine rings is 1. The van der Waals surface area contributed by atoms with E-state index in [0.29, 0.717) is 16.9 Å². The molecule has 1 aromatic carbocycles. The Morgan fingerprint density at radius 3 is 2.69 bits per heavy atom.